The number of carbonyl (C=O) groups is 1. The van der Waals surface area contributed by atoms with Gasteiger partial charge in [-0.1, -0.05) is 18.9 Å². The first-order valence-corrected chi connectivity index (χ1v) is 10.7. The number of likely N-dealkylation sites (N-methyl/N-ethyl adjacent to an activating group) is 1. The fourth-order valence-electron chi connectivity index (χ4n) is 4.01. The van der Waals surface area contributed by atoms with E-state index in [0.29, 0.717) is 6.04 Å². The predicted octanol–water partition coefficient (Wildman–Crippen LogP) is 2.85. The maximum Gasteiger partial charge on any atom is 0.243 e. The van der Waals surface area contributed by atoms with Crippen molar-refractivity contribution >= 4 is 41.5 Å². The van der Waals surface area contributed by atoms with Crippen molar-refractivity contribution in [1.29, 1.82) is 0 Å². The maximum atomic E-state index is 12.0. The minimum atomic E-state index is 0. The predicted molar refractivity (Wildman–Crippen MR) is 133 cm³/mol. The molecule has 1 heterocycles. The zero-order valence-electron chi connectivity index (χ0n) is 18.4. The molecule has 1 amide bonds. The van der Waals surface area contributed by atoms with Crippen LogP contribution in [-0.4, -0.2) is 69.7 Å². The van der Waals surface area contributed by atoms with Crippen molar-refractivity contribution in [2.24, 2.45) is 4.99 Å². The van der Waals surface area contributed by atoms with E-state index in [4.69, 9.17) is 4.74 Å². The topological polar surface area (TPSA) is 69.2 Å². The van der Waals surface area contributed by atoms with E-state index in [2.05, 4.69) is 32.7 Å². The summed E-state index contributed by atoms with van der Waals surface area (Å²) >= 11 is 0. The van der Waals surface area contributed by atoms with Crippen LogP contribution in [0.2, 0.25) is 0 Å². The lowest BCUT2D eigenvalue weighted by molar-refractivity contribution is -0.127. The van der Waals surface area contributed by atoms with Gasteiger partial charge in [-0.3, -0.25) is 4.79 Å². The summed E-state index contributed by atoms with van der Waals surface area (Å²) in [5.41, 5.74) is 1.18. The molecule has 30 heavy (non-hydrogen) atoms. The number of amides is 1. The first-order chi connectivity index (χ1) is 14.0. The van der Waals surface area contributed by atoms with Gasteiger partial charge in [0.25, 0.3) is 0 Å². The minimum Gasteiger partial charge on any atom is -0.497 e. The third-order valence-corrected chi connectivity index (χ3v) is 5.75. The number of nitrogens with zero attached hydrogens (tertiary/aromatic N) is 3. The molecule has 1 saturated carbocycles. The first-order valence-electron chi connectivity index (χ1n) is 10.7. The Hall–Kier alpha value is -1.71. The van der Waals surface area contributed by atoms with Crippen LogP contribution in [0.4, 0.5) is 5.69 Å². The van der Waals surface area contributed by atoms with E-state index in [-0.39, 0.29) is 42.5 Å². The average molecular weight is 529 g/mol. The van der Waals surface area contributed by atoms with E-state index < -0.39 is 0 Å². The van der Waals surface area contributed by atoms with Crippen LogP contribution in [0, 0.1) is 0 Å². The Labute approximate surface area is 197 Å². The second-order valence-corrected chi connectivity index (χ2v) is 8.21. The molecule has 0 bridgehead atoms. The molecular weight excluding hydrogens is 493 g/mol. The Morgan fingerprint density at radius 3 is 2.57 bits per heavy atom. The number of nitrogens with one attached hydrogen (secondary N) is 2. The number of anilines is 1. The van der Waals surface area contributed by atoms with Gasteiger partial charge in [-0.15, -0.1) is 24.0 Å². The molecule has 1 aromatic rings. The molecule has 3 rings (SSSR count). The summed E-state index contributed by atoms with van der Waals surface area (Å²) in [6.45, 7) is 2.11. The number of carbonyl (C=O) groups excluding carboxylic acids is 1. The van der Waals surface area contributed by atoms with E-state index in [1.165, 1.54) is 31.4 Å². The Balaban J connectivity index is 0.00000320. The molecule has 0 aromatic heterocycles. The smallest absolute Gasteiger partial charge is 0.243 e. The fraction of sp³-hybridized carbons (Fsp3) is 0.636. The zero-order valence-corrected chi connectivity index (χ0v) is 20.7. The van der Waals surface area contributed by atoms with Gasteiger partial charge < -0.3 is 25.2 Å². The number of rotatable bonds is 6. The molecule has 0 radical (unpaired) electrons. The van der Waals surface area contributed by atoms with Crippen molar-refractivity contribution in [3.05, 3.63) is 24.3 Å². The van der Waals surface area contributed by atoms with Gasteiger partial charge in [0, 0.05) is 51.0 Å². The molecule has 168 valence electrons. The molecule has 0 spiro atoms. The summed E-state index contributed by atoms with van der Waals surface area (Å²) in [6, 6.07) is 8.97. The quantitative estimate of drug-likeness (QED) is 0.337. The van der Waals surface area contributed by atoms with Crippen LogP contribution in [0.5, 0.6) is 5.75 Å². The SMILES string of the molecule is COc1cccc(N2CCCC(NC(=NCC(=O)N(C)C)NC3CCCC3)C2)c1.I. The normalized spacial score (nSPS) is 19.8. The van der Waals surface area contributed by atoms with Crippen molar-refractivity contribution in [2.45, 2.75) is 50.6 Å². The molecule has 1 aromatic carbocycles. The van der Waals surface area contributed by atoms with Crippen molar-refractivity contribution in [1.82, 2.24) is 15.5 Å². The van der Waals surface area contributed by atoms with E-state index in [1.807, 2.05) is 12.1 Å². The summed E-state index contributed by atoms with van der Waals surface area (Å²) in [7, 11) is 5.23. The highest BCUT2D eigenvalue weighted by Crippen LogP contribution is 2.24. The van der Waals surface area contributed by atoms with Crippen LogP contribution < -0.4 is 20.3 Å². The average Bonchev–Trinajstić information content (AvgIpc) is 3.25. The van der Waals surface area contributed by atoms with Crippen molar-refractivity contribution < 1.29 is 9.53 Å². The van der Waals surface area contributed by atoms with Crippen molar-refractivity contribution in [2.75, 3.05) is 45.7 Å². The van der Waals surface area contributed by atoms with Gasteiger partial charge >= 0.3 is 0 Å². The molecule has 1 unspecified atom stereocenters. The van der Waals surface area contributed by atoms with Crippen molar-refractivity contribution in [3.63, 3.8) is 0 Å². The van der Waals surface area contributed by atoms with Crippen LogP contribution in [0.15, 0.2) is 29.3 Å². The van der Waals surface area contributed by atoms with Gasteiger partial charge in [0.2, 0.25) is 5.91 Å². The largest absolute Gasteiger partial charge is 0.497 e. The van der Waals surface area contributed by atoms with Gasteiger partial charge in [-0.2, -0.15) is 0 Å². The monoisotopic (exact) mass is 529 g/mol. The lowest BCUT2D eigenvalue weighted by Gasteiger charge is -2.36. The number of halogens is 1. The summed E-state index contributed by atoms with van der Waals surface area (Å²) in [6.07, 6.45) is 7.06. The number of aliphatic imine (C=N–C) groups is 1. The molecular formula is C22H36IN5O2. The molecule has 1 saturated heterocycles. The van der Waals surface area contributed by atoms with E-state index in [1.54, 1.807) is 26.1 Å². The van der Waals surface area contributed by atoms with E-state index in [9.17, 15) is 4.79 Å². The Kier molecular flexibility index (Phi) is 10.0. The summed E-state index contributed by atoms with van der Waals surface area (Å²) < 4.78 is 5.38. The highest BCUT2D eigenvalue weighted by Gasteiger charge is 2.23. The van der Waals surface area contributed by atoms with Crippen LogP contribution in [-0.2, 0) is 4.79 Å². The van der Waals surface area contributed by atoms with Crippen LogP contribution >= 0.6 is 24.0 Å². The molecule has 7 nitrogen and oxygen atoms in total. The second-order valence-electron chi connectivity index (χ2n) is 8.21. The number of guanidine groups is 1. The van der Waals surface area contributed by atoms with Gasteiger partial charge in [-0.25, -0.2) is 4.99 Å². The van der Waals surface area contributed by atoms with E-state index >= 15 is 0 Å². The molecule has 1 atom stereocenters. The van der Waals surface area contributed by atoms with Crippen LogP contribution in [0.1, 0.15) is 38.5 Å². The van der Waals surface area contributed by atoms with Crippen LogP contribution in [0.3, 0.4) is 0 Å². The molecule has 2 N–H and O–H groups in total. The lowest BCUT2D eigenvalue weighted by Crippen LogP contribution is -2.53. The summed E-state index contributed by atoms with van der Waals surface area (Å²) in [5.74, 6) is 1.66. The highest BCUT2D eigenvalue weighted by molar-refractivity contribution is 14.0. The third kappa shape index (κ3) is 7.21. The summed E-state index contributed by atoms with van der Waals surface area (Å²) in [5, 5.41) is 7.16. The number of hydrogen-bond donors (Lipinski definition) is 2. The Morgan fingerprint density at radius 2 is 1.87 bits per heavy atom. The number of piperidine rings is 1. The second kappa shape index (κ2) is 12.2. The van der Waals surface area contributed by atoms with Gasteiger partial charge in [0.1, 0.15) is 12.3 Å². The number of hydrogen-bond acceptors (Lipinski definition) is 4. The maximum absolute atomic E-state index is 12.0. The van der Waals surface area contributed by atoms with Crippen molar-refractivity contribution in [3.8, 4) is 5.75 Å². The molecule has 8 heteroatoms. The standard InChI is InChI=1S/C22H35N5O2.HI/c1-26(2)21(28)15-23-22(24-17-8-4-5-9-17)25-18-10-7-13-27(16-18)19-11-6-12-20(14-19)29-3;/h6,11-12,14,17-18H,4-5,7-10,13,15-16H2,1-3H3,(H2,23,24,25);1H. The molecule has 1 aliphatic heterocycles. The molecule has 2 aliphatic rings. The highest BCUT2D eigenvalue weighted by atomic mass is 127. The van der Waals surface area contributed by atoms with Gasteiger partial charge in [0.15, 0.2) is 5.96 Å². The van der Waals surface area contributed by atoms with E-state index in [0.717, 1.165) is 37.6 Å². The zero-order chi connectivity index (χ0) is 20.6. The number of ether oxygens (including phenoxy) is 1. The number of benzene rings is 1. The number of methoxy groups -OCH3 is 1. The van der Waals surface area contributed by atoms with Crippen LogP contribution in [0.25, 0.3) is 0 Å². The molecule has 2 fully saturated rings. The first kappa shape index (κ1) is 24.6. The minimum absolute atomic E-state index is 0. The van der Waals surface area contributed by atoms with Gasteiger partial charge in [-0.05, 0) is 37.8 Å². The third-order valence-electron chi connectivity index (χ3n) is 5.75. The molecule has 1 aliphatic carbocycles. The van der Waals surface area contributed by atoms with Gasteiger partial charge in [0.05, 0.1) is 7.11 Å². The summed E-state index contributed by atoms with van der Waals surface area (Å²) in [4.78, 5) is 20.6. The lowest BCUT2D eigenvalue weighted by atomic mass is 10.0. The fourth-order valence-corrected chi connectivity index (χ4v) is 4.01. The Morgan fingerprint density at radius 1 is 1.17 bits per heavy atom. The Bertz CT molecular complexity index is 707.